The van der Waals surface area contributed by atoms with Gasteiger partial charge in [0.05, 0.1) is 5.60 Å². The number of rotatable bonds is 7. The minimum Gasteiger partial charge on any atom is -0.388 e. The van der Waals surface area contributed by atoms with Gasteiger partial charge in [0, 0.05) is 6.42 Å². The van der Waals surface area contributed by atoms with Crippen LogP contribution in [0.2, 0.25) is 0 Å². The molecule has 26 heavy (non-hydrogen) atoms. The van der Waals surface area contributed by atoms with E-state index < -0.39 is 29.5 Å². The number of amides is 2. The molecule has 6 nitrogen and oxygen atoms in total. The highest BCUT2D eigenvalue weighted by atomic mass is 16.3. The van der Waals surface area contributed by atoms with Crippen molar-refractivity contribution in [3.05, 3.63) is 60.2 Å². The number of nitrogens with one attached hydrogen (secondary N) is 1. The molecular weight excluding hydrogens is 330 g/mol. The molecule has 0 spiro atoms. The summed E-state index contributed by atoms with van der Waals surface area (Å²) >= 11 is 0. The zero-order valence-corrected chi connectivity index (χ0v) is 15.0. The fourth-order valence-corrected chi connectivity index (χ4v) is 2.50. The van der Waals surface area contributed by atoms with Gasteiger partial charge in [0.15, 0.2) is 0 Å². The maximum Gasteiger partial charge on any atom is 0.240 e. The molecule has 0 aliphatic carbocycles. The number of hydrogen-bond donors (Lipinski definition) is 4. The molecule has 0 saturated carbocycles. The minimum atomic E-state index is -1.40. The van der Waals surface area contributed by atoms with E-state index in [1.165, 1.54) is 13.8 Å². The summed E-state index contributed by atoms with van der Waals surface area (Å²) in [5, 5.41) is 12.4. The van der Waals surface area contributed by atoms with Crippen LogP contribution in [0.15, 0.2) is 54.6 Å². The quantitative estimate of drug-likeness (QED) is 0.591. The first-order chi connectivity index (χ1) is 12.2. The minimum absolute atomic E-state index is 0.245. The van der Waals surface area contributed by atoms with Crippen LogP contribution in [-0.4, -0.2) is 34.6 Å². The number of carbonyl (C=O) groups excluding carboxylic acids is 2. The molecule has 2 aromatic carbocycles. The van der Waals surface area contributed by atoms with Crippen molar-refractivity contribution in [3.63, 3.8) is 0 Å². The molecule has 0 aromatic heterocycles. The standard InChI is InChI=1S/C20H25N3O3/c1-20(2,26)17(21)19(25)23-16(18(22)24)12-13-8-10-15(11-9-13)14-6-4-3-5-7-14/h3-11,16-17,26H,12,21H2,1-2H3,(H2,22,24)(H,23,25). The van der Waals surface area contributed by atoms with Crippen LogP contribution < -0.4 is 16.8 Å². The lowest BCUT2D eigenvalue weighted by molar-refractivity contribution is -0.131. The van der Waals surface area contributed by atoms with Gasteiger partial charge in [-0.15, -0.1) is 0 Å². The van der Waals surface area contributed by atoms with E-state index in [9.17, 15) is 14.7 Å². The normalized spacial score (nSPS) is 13.7. The van der Waals surface area contributed by atoms with Crippen LogP contribution in [0.3, 0.4) is 0 Å². The third-order valence-electron chi connectivity index (χ3n) is 4.20. The highest BCUT2D eigenvalue weighted by Gasteiger charge is 2.31. The fraction of sp³-hybridized carbons (Fsp3) is 0.300. The first-order valence-corrected chi connectivity index (χ1v) is 8.40. The van der Waals surface area contributed by atoms with Gasteiger partial charge in [0.2, 0.25) is 11.8 Å². The summed E-state index contributed by atoms with van der Waals surface area (Å²) in [5.74, 6) is -1.28. The second-order valence-electron chi connectivity index (χ2n) is 6.86. The average molecular weight is 355 g/mol. The molecule has 0 heterocycles. The third-order valence-corrected chi connectivity index (χ3v) is 4.20. The molecule has 6 heteroatoms. The van der Waals surface area contributed by atoms with Crippen molar-refractivity contribution < 1.29 is 14.7 Å². The predicted molar refractivity (Wildman–Crippen MR) is 101 cm³/mol. The third kappa shape index (κ3) is 5.15. The summed E-state index contributed by atoms with van der Waals surface area (Å²) < 4.78 is 0. The highest BCUT2D eigenvalue weighted by Crippen LogP contribution is 2.19. The maximum atomic E-state index is 12.1. The topological polar surface area (TPSA) is 118 Å². The molecule has 0 fully saturated rings. The zero-order valence-electron chi connectivity index (χ0n) is 15.0. The van der Waals surface area contributed by atoms with E-state index in [1.54, 1.807) is 0 Å². The number of aliphatic hydroxyl groups is 1. The van der Waals surface area contributed by atoms with Crippen LogP contribution in [0, 0.1) is 0 Å². The van der Waals surface area contributed by atoms with Crippen molar-refractivity contribution in [2.45, 2.75) is 38.0 Å². The molecule has 2 atom stereocenters. The lowest BCUT2D eigenvalue weighted by Crippen LogP contribution is -2.57. The van der Waals surface area contributed by atoms with Crippen molar-refractivity contribution >= 4 is 11.8 Å². The number of benzene rings is 2. The lowest BCUT2D eigenvalue weighted by Gasteiger charge is -2.26. The van der Waals surface area contributed by atoms with Crippen LogP contribution >= 0.6 is 0 Å². The lowest BCUT2D eigenvalue weighted by atomic mass is 9.97. The van der Waals surface area contributed by atoms with Crippen molar-refractivity contribution in [3.8, 4) is 11.1 Å². The van der Waals surface area contributed by atoms with E-state index in [1.807, 2.05) is 54.6 Å². The molecule has 0 saturated heterocycles. The predicted octanol–water partition coefficient (Wildman–Crippen LogP) is 0.964. The Kier molecular flexibility index (Phi) is 6.13. The Bertz CT molecular complexity index is 752. The van der Waals surface area contributed by atoms with Crippen molar-refractivity contribution in [1.29, 1.82) is 0 Å². The van der Waals surface area contributed by atoms with E-state index >= 15 is 0 Å². The maximum absolute atomic E-state index is 12.1. The first kappa shape index (κ1) is 19.6. The summed E-state index contributed by atoms with van der Waals surface area (Å²) in [5.41, 5.74) is 12.7. The summed E-state index contributed by atoms with van der Waals surface area (Å²) in [6.45, 7) is 2.86. The molecular formula is C20H25N3O3. The summed E-state index contributed by atoms with van der Waals surface area (Å²) in [6, 6.07) is 15.5. The second kappa shape index (κ2) is 8.12. The van der Waals surface area contributed by atoms with Crippen LogP contribution in [0.4, 0.5) is 0 Å². The number of nitrogens with two attached hydrogens (primary N) is 2. The first-order valence-electron chi connectivity index (χ1n) is 8.40. The Morgan fingerprint density at radius 2 is 1.58 bits per heavy atom. The largest absolute Gasteiger partial charge is 0.388 e. The monoisotopic (exact) mass is 355 g/mol. The average Bonchev–Trinajstić information content (AvgIpc) is 2.61. The van der Waals surface area contributed by atoms with Crippen LogP contribution in [0.5, 0.6) is 0 Å². The SMILES string of the molecule is CC(C)(O)C(N)C(=O)NC(Cc1ccc(-c2ccccc2)cc1)C(N)=O. The Balaban J connectivity index is 2.08. The molecule has 6 N–H and O–H groups in total. The van der Waals surface area contributed by atoms with Gasteiger partial charge in [-0.3, -0.25) is 9.59 Å². The Morgan fingerprint density at radius 3 is 2.08 bits per heavy atom. The van der Waals surface area contributed by atoms with E-state index in [4.69, 9.17) is 11.5 Å². The van der Waals surface area contributed by atoms with Gasteiger partial charge in [-0.1, -0.05) is 54.6 Å². The van der Waals surface area contributed by atoms with Gasteiger partial charge in [0.25, 0.3) is 0 Å². The van der Waals surface area contributed by atoms with E-state index in [0.717, 1.165) is 16.7 Å². The molecule has 138 valence electrons. The van der Waals surface area contributed by atoms with Gasteiger partial charge in [-0.25, -0.2) is 0 Å². The number of primary amides is 1. The van der Waals surface area contributed by atoms with E-state index in [0.29, 0.717) is 0 Å². The van der Waals surface area contributed by atoms with Crippen molar-refractivity contribution in [1.82, 2.24) is 5.32 Å². The fourth-order valence-electron chi connectivity index (χ4n) is 2.50. The van der Waals surface area contributed by atoms with Crippen molar-refractivity contribution in [2.24, 2.45) is 11.5 Å². The Labute approximate surface area is 153 Å². The Hall–Kier alpha value is -2.70. The van der Waals surface area contributed by atoms with Gasteiger partial charge in [-0.05, 0) is 30.5 Å². The van der Waals surface area contributed by atoms with E-state index in [2.05, 4.69) is 5.32 Å². The molecule has 2 aromatic rings. The van der Waals surface area contributed by atoms with E-state index in [-0.39, 0.29) is 6.42 Å². The smallest absolute Gasteiger partial charge is 0.240 e. The summed E-state index contributed by atoms with van der Waals surface area (Å²) in [6.07, 6.45) is 0.245. The number of carbonyl (C=O) groups is 2. The van der Waals surface area contributed by atoms with Gasteiger partial charge in [0.1, 0.15) is 12.1 Å². The van der Waals surface area contributed by atoms with Gasteiger partial charge >= 0.3 is 0 Å². The summed E-state index contributed by atoms with van der Waals surface area (Å²) in [7, 11) is 0. The molecule has 0 radical (unpaired) electrons. The van der Waals surface area contributed by atoms with Crippen LogP contribution in [-0.2, 0) is 16.0 Å². The molecule has 2 rings (SSSR count). The van der Waals surface area contributed by atoms with Crippen LogP contribution in [0.25, 0.3) is 11.1 Å². The van der Waals surface area contributed by atoms with Crippen LogP contribution in [0.1, 0.15) is 19.4 Å². The van der Waals surface area contributed by atoms with Gasteiger partial charge < -0.3 is 21.9 Å². The van der Waals surface area contributed by atoms with Crippen molar-refractivity contribution in [2.75, 3.05) is 0 Å². The summed E-state index contributed by atoms with van der Waals surface area (Å²) in [4.78, 5) is 23.8. The molecule has 2 amide bonds. The second-order valence-corrected chi connectivity index (χ2v) is 6.86. The number of hydrogen-bond acceptors (Lipinski definition) is 4. The zero-order chi connectivity index (χ0) is 19.3. The Morgan fingerprint density at radius 1 is 1.04 bits per heavy atom. The van der Waals surface area contributed by atoms with Gasteiger partial charge in [-0.2, -0.15) is 0 Å². The highest BCUT2D eigenvalue weighted by molar-refractivity contribution is 5.89. The molecule has 0 bridgehead atoms. The molecule has 2 unspecified atom stereocenters. The molecule has 0 aliphatic rings. The molecule has 0 aliphatic heterocycles.